The SMILES string of the molecule is CC(=O)O[C@@H]1[C@@H](OC(C)=O)[C@@H](I)O[C@H](C(=O)OCc2ccccc2)[C@H]1OC(C)=O. The van der Waals surface area contributed by atoms with Crippen molar-refractivity contribution in [3.05, 3.63) is 35.9 Å². The summed E-state index contributed by atoms with van der Waals surface area (Å²) in [4.78, 5) is 47.4. The molecule has 1 saturated heterocycles. The first kappa shape index (κ1) is 23.1. The number of carbonyl (C=O) groups excluding carboxylic acids is 4. The molecule has 0 aliphatic carbocycles. The Balaban J connectivity index is 2.26. The average Bonchev–Trinajstić information content (AvgIpc) is 2.64. The maximum absolute atomic E-state index is 12.7. The zero-order valence-corrected chi connectivity index (χ0v) is 18.2. The minimum Gasteiger partial charge on any atom is -0.459 e. The van der Waals surface area contributed by atoms with E-state index in [0.717, 1.165) is 19.4 Å². The van der Waals surface area contributed by atoms with E-state index >= 15 is 0 Å². The lowest BCUT2D eigenvalue weighted by Gasteiger charge is -2.41. The van der Waals surface area contributed by atoms with Crippen LogP contribution in [0.1, 0.15) is 26.3 Å². The fourth-order valence-corrected chi connectivity index (χ4v) is 3.63. The zero-order chi connectivity index (χ0) is 21.6. The maximum atomic E-state index is 12.7. The van der Waals surface area contributed by atoms with Gasteiger partial charge in [0, 0.05) is 20.8 Å². The molecular formula is C19H21IO9. The quantitative estimate of drug-likeness (QED) is 0.239. The van der Waals surface area contributed by atoms with E-state index in [-0.39, 0.29) is 6.61 Å². The lowest BCUT2D eigenvalue weighted by atomic mass is 9.99. The molecule has 5 atom stereocenters. The third kappa shape index (κ3) is 6.67. The van der Waals surface area contributed by atoms with Gasteiger partial charge < -0.3 is 23.7 Å². The van der Waals surface area contributed by atoms with Gasteiger partial charge in [0.15, 0.2) is 28.5 Å². The van der Waals surface area contributed by atoms with Crippen LogP contribution in [-0.4, -0.2) is 52.4 Å². The molecule has 0 aromatic heterocycles. The minimum atomic E-state index is -1.37. The van der Waals surface area contributed by atoms with E-state index in [2.05, 4.69) is 0 Å². The fraction of sp³-hybridized carbons (Fsp3) is 0.474. The van der Waals surface area contributed by atoms with Crippen LogP contribution < -0.4 is 0 Å². The van der Waals surface area contributed by atoms with Crippen molar-refractivity contribution in [1.29, 1.82) is 0 Å². The smallest absolute Gasteiger partial charge is 0.339 e. The van der Waals surface area contributed by atoms with E-state index in [1.165, 1.54) is 6.92 Å². The van der Waals surface area contributed by atoms with E-state index in [9.17, 15) is 19.2 Å². The van der Waals surface area contributed by atoms with Gasteiger partial charge in [-0.1, -0.05) is 30.3 Å². The number of rotatable bonds is 6. The molecular weight excluding hydrogens is 499 g/mol. The first-order valence-corrected chi connectivity index (χ1v) is 9.95. The van der Waals surface area contributed by atoms with Crippen LogP contribution in [0.4, 0.5) is 0 Å². The van der Waals surface area contributed by atoms with Crippen LogP contribution in [0.2, 0.25) is 0 Å². The Morgan fingerprint density at radius 1 is 0.862 bits per heavy atom. The summed E-state index contributed by atoms with van der Waals surface area (Å²) in [7, 11) is 0. The summed E-state index contributed by atoms with van der Waals surface area (Å²) in [6, 6.07) is 8.97. The molecule has 10 heteroatoms. The number of hydrogen-bond acceptors (Lipinski definition) is 9. The van der Waals surface area contributed by atoms with Crippen molar-refractivity contribution in [2.75, 3.05) is 0 Å². The Labute approximate surface area is 181 Å². The van der Waals surface area contributed by atoms with Gasteiger partial charge in [-0.3, -0.25) is 14.4 Å². The highest BCUT2D eigenvalue weighted by Crippen LogP contribution is 2.32. The summed E-state index contributed by atoms with van der Waals surface area (Å²) >= 11 is 1.81. The Hall–Kier alpha value is -2.21. The van der Waals surface area contributed by atoms with Gasteiger partial charge in [-0.2, -0.15) is 0 Å². The van der Waals surface area contributed by atoms with Crippen molar-refractivity contribution in [2.45, 2.75) is 55.9 Å². The van der Waals surface area contributed by atoms with Crippen molar-refractivity contribution in [1.82, 2.24) is 0 Å². The van der Waals surface area contributed by atoms with Crippen molar-refractivity contribution in [2.24, 2.45) is 0 Å². The highest BCUT2D eigenvalue weighted by Gasteiger charge is 2.54. The van der Waals surface area contributed by atoms with Crippen LogP contribution in [0.3, 0.4) is 0 Å². The molecule has 1 aromatic carbocycles. The van der Waals surface area contributed by atoms with Gasteiger partial charge >= 0.3 is 23.9 Å². The number of carbonyl (C=O) groups is 4. The van der Waals surface area contributed by atoms with Crippen molar-refractivity contribution in [3.63, 3.8) is 0 Å². The summed E-state index contributed by atoms with van der Waals surface area (Å²) < 4.78 is 25.7. The molecule has 0 bridgehead atoms. The van der Waals surface area contributed by atoms with Gasteiger partial charge in [-0.15, -0.1) is 0 Å². The second-order valence-corrected chi connectivity index (χ2v) is 7.45. The summed E-state index contributed by atoms with van der Waals surface area (Å²) in [5.41, 5.74) is 0.751. The molecule has 0 unspecified atom stereocenters. The Kier molecular flexibility index (Phi) is 8.38. The first-order chi connectivity index (χ1) is 13.7. The number of esters is 4. The summed E-state index contributed by atoms with van der Waals surface area (Å²) in [6.45, 7) is 3.43. The normalized spacial score (nSPS) is 26.1. The molecule has 1 aliphatic rings. The molecule has 29 heavy (non-hydrogen) atoms. The lowest BCUT2D eigenvalue weighted by Crippen LogP contribution is -2.62. The molecule has 0 amide bonds. The maximum Gasteiger partial charge on any atom is 0.339 e. The van der Waals surface area contributed by atoms with Crippen LogP contribution in [-0.2, 0) is 49.5 Å². The molecule has 2 rings (SSSR count). The molecule has 0 N–H and O–H groups in total. The monoisotopic (exact) mass is 520 g/mol. The van der Waals surface area contributed by atoms with Crippen molar-refractivity contribution < 1.29 is 42.9 Å². The van der Waals surface area contributed by atoms with E-state index in [4.69, 9.17) is 23.7 Å². The first-order valence-electron chi connectivity index (χ1n) is 8.70. The molecule has 158 valence electrons. The number of halogens is 1. The molecule has 1 aliphatic heterocycles. The van der Waals surface area contributed by atoms with Gasteiger partial charge in [0.05, 0.1) is 0 Å². The second kappa shape index (κ2) is 10.5. The molecule has 0 radical (unpaired) electrons. The van der Waals surface area contributed by atoms with Gasteiger partial charge in [-0.25, -0.2) is 4.79 Å². The largest absolute Gasteiger partial charge is 0.459 e. The predicted octanol–water partition coefficient (Wildman–Crippen LogP) is 1.68. The number of hydrogen-bond donors (Lipinski definition) is 0. The summed E-state index contributed by atoms with van der Waals surface area (Å²) in [6.07, 6.45) is -5.06. The van der Waals surface area contributed by atoms with Crippen LogP contribution in [0.15, 0.2) is 30.3 Å². The number of benzene rings is 1. The Morgan fingerprint density at radius 3 is 1.93 bits per heavy atom. The van der Waals surface area contributed by atoms with Crippen LogP contribution in [0.5, 0.6) is 0 Å². The van der Waals surface area contributed by atoms with E-state index in [1.54, 1.807) is 24.3 Å². The standard InChI is InChI=1S/C19H21IO9/c1-10(21)26-14-15(27-11(2)22)17(29-18(20)16(14)28-12(3)23)19(24)25-9-13-7-5-4-6-8-13/h4-8,14-18H,9H2,1-3H3/t14-,15-,16+,17-,18-/m0/s1. The predicted molar refractivity (Wildman–Crippen MR) is 106 cm³/mol. The third-order valence-electron chi connectivity index (χ3n) is 3.84. The van der Waals surface area contributed by atoms with Gasteiger partial charge in [0.25, 0.3) is 0 Å². The van der Waals surface area contributed by atoms with Crippen LogP contribution in [0.25, 0.3) is 0 Å². The number of alkyl halides is 1. The van der Waals surface area contributed by atoms with Crippen LogP contribution >= 0.6 is 22.6 Å². The van der Waals surface area contributed by atoms with Crippen LogP contribution in [0, 0.1) is 0 Å². The van der Waals surface area contributed by atoms with Gasteiger partial charge in [-0.05, 0) is 28.2 Å². The van der Waals surface area contributed by atoms with E-state index in [0.29, 0.717) is 0 Å². The zero-order valence-electron chi connectivity index (χ0n) is 16.0. The minimum absolute atomic E-state index is 0.0240. The molecule has 1 heterocycles. The van der Waals surface area contributed by atoms with Crippen molar-refractivity contribution in [3.8, 4) is 0 Å². The van der Waals surface area contributed by atoms with Gasteiger partial charge in [0.1, 0.15) is 6.61 Å². The molecule has 0 saturated carbocycles. The van der Waals surface area contributed by atoms with E-state index in [1.807, 2.05) is 28.7 Å². The summed E-state index contributed by atoms with van der Waals surface area (Å²) in [5.74, 6) is -2.89. The Bertz CT molecular complexity index is 751. The van der Waals surface area contributed by atoms with Gasteiger partial charge in [0.2, 0.25) is 0 Å². The van der Waals surface area contributed by atoms with Crippen molar-refractivity contribution >= 4 is 46.5 Å². The fourth-order valence-electron chi connectivity index (χ4n) is 2.76. The second-order valence-electron chi connectivity index (χ2n) is 6.22. The third-order valence-corrected chi connectivity index (χ3v) is 4.85. The molecule has 1 aromatic rings. The summed E-state index contributed by atoms with van der Waals surface area (Å²) in [5, 5.41) is 0. The Morgan fingerprint density at radius 2 is 1.38 bits per heavy atom. The topological polar surface area (TPSA) is 114 Å². The number of ether oxygens (including phenoxy) is 5. The molecule has 9 nitrogen and oxygen atoms in total. The lowest BCUT2D eigenvalue weighted by molar-refractivity contribution is -0.233. The highest BCUT2D eigenvalue weighted by atomic mass is 127. The average molecular weight is 520 g/mol. The molecule has 0 spiro atoms. The molecule has 1 fully saturated rings. The van der Waals surface area contributed by atoms with E-state index < -0.39 is 52.4 Å². The highest BCUT2D eigenvalue weighted by molar-refractivity contribution is 14.1.